The average molecular weight is 391 g/mol. The second-order valence-corrected chi connectivity index (χ2v) is 7.25. The van der Waals surface area contributed by atoms with Crippen molar-refractivity contribution in [1.29, 1.82) is 0 Å². The Balaban J connectivity index is 1.59. The number of hydrogen-bond acceptors (Lipinski definition) is 5. The van der Waals surface area contributed by atoms with Gasteiger partial charge in [0, 0.05) is 17.7 Å². The predicted octanol–water partition coefficient (Wildman–Crippen LogP) is 4.68. The molecule has 2 aromatic carbocycles. The van der Waals surface area contributed by atoms with Crippen molar-refractivity contribution in [3.63, 3.8) is 0 Å². The van der Waals surface area contributed by atoms with E-state index < -0.39 is 0 Å². The van der Waals surface area contributed by atoms with Crippen LogP contribution in [0.1, 0.15) is 54.0 Å². The number of benzene rings is 2. The Bertz CT molecular complexity index is 981. The molecule has 29 heavy (non-hydrogen) atoms. The van der Waals surface area contributed by atoms with Crippen molar-refractivity contribution in [2.75, 3.05) is 13.7 Å². The molecule has 1 aliphatic heterocycles. The van der Waals surface area contributed by atoms with E-state index in [1.807, 2.05) is 53.4 Å². The van der Waals surface area contributed by atoms with Gasteiger partial charge in [0.25, 0.3) is 5.91 Å². The Morgan fingerprint density at radius 3 is 2.79 bits per heavy atom. The van der Waals surface area contributed by atoms with Crippen molar-refractivity contribution < 1.29 is 14.1 Å². The largest absolute Gasteiger partial charge is 0.497 e. The summed E-state index contributed by atoms with van der Waals surface area (Å²) < 4.78 is 10.9. The summed E-state index contributed by atoms with van der Waals surface area (Å²) in [6, 6.07) is 15.2. The minimum Gasteiger partial charge on any atom is -0.497 e. The van der Waals surface area contributed by atoms with Gasteiger partial charge in [0.1, 0.15) is 11.8 Å². The monoisotopic (exact) mass is 391 g/mol. The maximum atomic E-state index is 13.2. The van der Waals surface area contributed by atoms with Crippen LogP contribution in [0.25, 0.3) is 11.4 Å². The summed E-state index contributed by atoms with van der Waals surface area (Å²) in [5.74, 6) is 1.74. The van der Waals surface area contributed by atoms with Crippen LogP contribution in [0.4, 0.5) is 0 Å². The average Bonchev–Trinajstić information content (AvgIpc) is 3.29. The highest BCUT2D eigenvalue weighted by molar-refractivity contribution is 5.94. The fourth-order valence-electron chi connectivity index (χ4n) is 3.73. The summed E-state index contributed by atoms with van der Waals surface area (Å²) in [5.41, 5.74) is 2.74. The van der Waals surface area contributed by atoms with E-state index in [2.05, 4.69) is 17.1 Å². The van der Waals surface area contributed by atoms with Gasteiger partial charge in [-0.1, -0.05) is 36.3 Å². The van der Waals surface area contributed by atoms with Crippen molar-refractivity contribution >= 4 is 5.91 Å². The van der Waals surface area contributed by atoms with Crippen LogP contribution in [0.3, 0.4) is 0 Å². The van der Waals surface area contributed by atoms with Crippen LogP contribution < -0.4 is 4.74 Å². The summed E-state index contributed by atoms with van der Waals surface area (Å²) in [6.45, 7) is 2.79. The molecule has 0 spiro atoms. The van der Waals surface area contributed by atoms with Gasteiger partial charge in [-0.25, -0.2) is 0 Å². The molecule has 1 fully saturated rings. The summed E-state index contributed by atoms with van der Waals surface area (Å²) in [7, 11) is 1.62. The lowest BCUT2D eigenvalue weighted by Gasteiger charge is -2.33. The van der Waals surface area contributed by atoms with Crippen LogP contribution in [0, 0.1) is 0 Å². The first-order valence-corrected chi connectivity index (χ1v) is 10.1. The summed E-state index contributed by atoms with van der Waals surface area (Å²) in [4.78, 5) is 19.6. The lowest BCUT2D eigenvalue weighted by Crippen LogP contribution is -2.38. The first-order valence-electron chi connectivity index (χ1n) is 10.1. The van der Waals surface area contributed by atoms with E-state index in [0.29, 0.717) is 23.8 Å². The molecule has 2 heterocycles. The Morgan fingerprint density at radius 1 is 1.21 bits per heavy atom. The molecule has 0 saturated carbocycles. The molecule has 0 bridgehead atoms. The Kier molecular flexibility index (Phi) is 5.60. The smallest absolute Gasteiger partial charge is 0.254 e. The van der Waals surface area contributed by atoms with E-state index in [1.165, 1.54) is 5.56 Å². The third kappa shape index (κ3) is 4.01. The van der Waals surface area contributed by atoms with Crippen LogP contribution in [-0.2, 0) is 6.42 Å². The normalized spacial score (nSPS) is 16.6. The fourth-order valence-corrected chi connectivity index (χ4v) is 3.73. The Morgan fingerprint density at radius 2 is 2.03 bits per heavy atom. The molecule has 3 aromatic rings. The van der Waals surface area contributed by atoms with Crippen LogP contribution in [0.15, 0.2) is 53.1 Å². The highest BCUT2D eigenvalue weighted by Gasteiger charge is 2.32. The number of amides is 1. The molecular weight excluding hydrogens is 366 g/mol. The summed E-state index contributed by atoms with van der Waals surface area (Å²) in [5, 5.41) is 4.15. The summed E-state index contributed by atoms with van der Waals surface area (Å²) in [6.07, 6.45) is 3.78. The van der Waals surface area contributed by atoms with E-state index in [4.69, 9.17) is 9.26 Å². The van der Waals surface area contributed by atoms with Crippen LogP contribution in [-0.4, -0.2) is 34.6 Å². The molecule has 1 unspecified atom stereocenters. The van der Waals surface area contributed by atoms with Crippen LogP contribution in [0.5, 0.6) is 5.75 Å². The molecule has 1 amide bonds. The van der Waals surface area contributed by atoms with Gasteiger partial charge in [-0.05, 0) is 55.5 Å². The number of methoxy groups -OCH3 is 1. The van der Waals surface area contributed by atoms with Gasteiger partial charge >= 0.3 is 0 Å². The molecular formula is C23H25N3O3. The molecule has 4 rings (SSSR count). The van der Waals surface area contributed by atoms with Gasteiger partial charge in [-0.2, -0.15) is 4.98 Å². The fraction of sp³-hybridized carbons (Fsp3) is 0.348. The number of likely N-dealkylation sites (tertiary alicyclic amines) is 1. The van der Waals surface area contributed by atoms with Crippen molar-refractivity contribution in [3.05, 3.63) is 65.5 Å². The predicted molar refractivity (Wildman–Crippen MR) is 110 cm³/mol. The molecule has 6 nitrogen and oxygen atoms in total. The third-order valence-corrected chi connectivity index (χ3v) is 5.43. The number of aryl methyl sites for hydroxylation is 1. The number of nitrogens with zero attached hydrogens (tertiary/aromatic N) is 3. The second kappa shape index (κ2) is 8.47. The molecule has 1 atom stereocenters. The highest BCUT2D eigenvalue weighted by atomic mass is 16.5. The summed E-state index contributed by atoms with van der Waals surface area (Å²) >= 11 is 0. The van der Waals surface area contributed by atoms with Gasteiger partial charge in [0.2, 0.25) is 11.7 Å². The molecule has 1 saturated heterocycles. The van der Waals surface area contributed by atoms with Gasteiger partial charge in [-0.3, -0.25) is 4.79 Å². The van der Waals surface area contributed by atoms with Gasteiger partial charge in [-0.15, -0.1) is 0 Å². The number of piperidine rings is 1. The first-order chi connectivity index (χ1) is 14.2. The minimum absolute atomic E-state index is 0.0125. The van der Waals surface area contributed by atoms with Crippen LogP contribution in [0.2, 0.25) is 0 Å². The zero-order valence-corrected chi connectivity index (χ0v) is 16.8. The van der Waals surface area contributed by atoms with E-state index in [-0.39, 0.29) is 11.9 Å². The number of hydrogen-bond donors (Lipinski definition) is 0. The van der Waals surface area contributed by atoms with Crippen molar-refractivity contribution in [2.24, 2.45) is 0 Å². The lowest BCUT2D eigenvalue weighted by molar-refractivity contribution is 0.0561. The lowest BCUT2D eigenvalue weighted by atomic mass is 10.00. The third-order valence-electron chi connectivity index (χ3n) is 5.43. The topological polar surface area (TPSA) is 68.5 Å². The molecule has 0 aliphatic carbocycles. The van der Waals surface area contributed by atoms with Crippen LogP contribution >= 0.6 is 0 Å². The highest BCUT2D eigenvalue weighted by Crippen LogP contribution is 2.32. The van der Waals surface area contributed by atoms with Gasteiger partial charge in [0.15, 0.2) is 0 Å². The number of rotatable bonds is 5. The molecule has 150 valence electrons. The molecule has 0 N–H and O–H groups in total. The Labute approximate surface area is 170 Å². The number of carbonyl (C=O) groups is 1. The molecule has 0 radical (unpaired) electrons. The second-order valence-electron chi connectivity index (χ2n) is 7.25. The number of ether oxygens (including phenoxy) is 1. The van der Waals surface area contributed by atoms with Crippen molar-refractivity contribution in [1.82, 2.24) is 15.0 Å². The number of carbonyl (C=O) groups excluding carboxylic acids is 1. The molecule has 1 aliphatic rings. The number of aromatic nitrogens is 2. The van der Waals surface area contributed by atoms with E-state index in [9.17, 15) is 4.79 Å². The maximum Gasteiger partial charge on any atom is 0.254 e. The van der Waals surface area contributed by atoms with Crippen molar-refractivity contribution in [2.45, 2.75) is 38.6 Å². The SMILES string of the molecule is CCc1ccc(C(=O)N2CCCCC2c2nc(-c3cccc(OC)c3)no2)cc1. The van der Waals surface area contributed by atoms with E-state index in [1.54, 1.807) is 7.11 Å². The first kappa shape index (κ1) is 19.2. The minimum atomic E-state index is -0.200. The maximum absolute atomic E-state index is 13.2. The van der Waals surface area contributed by atoms with Crippen molar-refractivity contribution in [3.8, 4) is 17.1 Å². The zero-order valence-electron chi connectivity index (χ0n) is 16.8. The van der Waals surface area contributed by atoms with Gasteiger partial charge in [0.05, 0.1) is 7.11 Å². The molecule has 1 aromatic heterocycles. The van der Waals surface area contributed by atoms with E-state index >= 15 is 0 Å². The zero-order chi connectivity index (χ0) is 20.2. The van der Waals surface area contributed by atoms with Gasteiger partial charge < -0.3 is 14.2 Å². The standard InChI is InChI=1S/C23H25N3O3/c1-3-16-10-12-17(13-11-16)23(27)26-14-5-4-9-20(26)22-24-21(25-29-22)18-7-6-8-19(15-18)28-2/h6-8,10-13,15,20H,3-5,9,14H2,1-2H3. The quantitative estimate of drug-likeness (QED) is 0.632. The molecule has 6 heteroatoms. The van der Waals surface area contributed by atoms with E-state index in [0.717, 1.165) is 37.0 Å². The Hall–Kier alpha value is -3.15.